The van der Waals surface area contributed by atoms with Crippen LogP contribution in [0.25, 0.3) is 10.6 Å². The second-order valence-electron chi connectivity index (χ2n) is 5.77. The van der Waals surface area contributed by atoms with Crippen LogP contribution >= 0.6 is 11.3 Å². The minimum absolute atomic E-state index is 0.0140. The smallest absolute Gasteiger partial charge is 0.273 e. The zero-order valence-corrected chi connectivity index (χ0v) is 15.3. The lowest BCUT2D eigenvalue weighted by Crippen LogP contribution is -2.29. The van der Waals surface area contributed by atoms with Gasteiger partial charge in [0.15, 0.2) is 0 Å². The molecule has 5 heteroatoms. The van der Waals surface area contributed by atoms with Crippen molar-refractivity contribution in [1.82, 2.24) is 9.88 Å². The van der Waals surface area contributed by atoms with Crippen molar-refractivity contribution in [3.8, 4) is 16.3 Å². The molecule has 3 rings (SSSR count). The molecule has 0 unspecified atom stereocenters. The van der Waals surface area contributed by atoms with Gasteiger partial charge in [-0.25, -0.2) is 4.98 Å². The average Bonchev–Trinajstić information content (AvgIpc) is 3.17. The van der Waals surface area contributed by atoms with E-state index in [-0.39, 0.29) is 11.9 Å². The van der Waals surface area contributed by atoms with E-state index in [9.17, 15) is 4.79 Å². The summed E-state index contributed by atoms with van der Waals surface area (Å²) in [6, 6.07) is 17.6. The van der Waals surface area contributed by atoms with Crippen LogP contribution in [0.3, 0.4) is 0 Å². The number of nitrogens with zero attached hydrogens (tertiary/aromatic N) is 2. The molecule has 0 bridgehead atoms. The molecule has 0 spiro atoms. The van der Waals surface area contributed by atoms with Crippen LogP contribution in [0.5, 0.6) is 5.75 Å². The largest absolute Gasteiger partial charge is 0.497 e. The summed E-state index contributed by atoms with van der Waals surface area (Å²) in [5.74, 6) is 0.723. The molecule has 1 atom stereocenters. The molecule has 4 nitrogen and oxygen atoms in total. The molecule has 3 aromatic rings. The Morgan fingerprint density at radius 2 is 1.80 bits per heavy atom. The molecular weight excluding hydrogens is 332 g/mol. The minimum Gasteiger partial charge on any atom is -0.497 e. The summed E-state index contributed by atoms with van der Waals surface area (Å²) in [5.41, 5.74) is 2.55. The number of carbonyl (C=O) groups excluding carboxylic acids is 1. The normalized spacial score (nSPS) is 11.8. The Kier molecular flexibility index (Phi) is 5.14. The number of aromatic nitrogens is 1. The van der Waals surface area contributed by atoms with Gasteiger partial charge in [0.25, 0.3) is 5.91 Å². The van der Waals surface area contributed by atoms with E-state index in [1.54, 1.807) is 12.0 Å². The van der Waals surface area contributed by atoms with E-state index in [1.807, 2.05) is 73.9 Å². The number of rotatable bonds is 5. The topological polar surface area (TPSA) is 42.4 Å². The summed E-state index contributed by atoms with van der Waals surface area (Å²) in [7, 11) is 3.45. The first-order chi connectivity index (χ1) is 12.1. The van der Waals surface area contributed by atoms with Crippen molar-refractivity contribution in [3.63, 3.8) is 0 Å². The van der Waals surface area contributed by atoms with Crippen molar-refractivity contribution < 1.29 is 9.53 Å². The quantitative estimate of drug-likeness (QED) is 0.671. The molecule has 2 aromatic carbocycles. The molecule has 25 heavy (non-hydrogen) atoms. The lowest BCUT2D eigenvalue weighted by molar-refractivity contribution is 0.0737. The maximum atomic E-state index is 12.8. The molecule has 1 aromatic heterocycles. The van der Waals surface area contributed by atoms with Crippen LogP contribution in [0, 0.1) is 0 Å². The molecule has 1 amide bonds. The second kappa shape index (κ2) is 7.49. The Balaban J connectivity index is 1.77. The van der Waals surface area contributed by atoms with E-state index in [0.717, 1.165) is 21.9 Å². The Bertz CT molecular complexity index is 844. The van der Waals surface area contributed by atoms with Crippen LogP contribution in [-0.4, -0.2) is 29.9 Å². The highest BCUT2D eigenvalue weighted by Crippen LogP contribution is 2.27. The number of hydrogen-bond donors (Lipinski definition) is 0. The molecule has 0 radical (unpaired) electrons. The highest BCUT2D eigenvalue weighted by Gasteiger charge is 2.21. The minimum atomic E-state index is -0.0765. The number of methoxy groups -OCH3 is 1. The lowest BCUT2D eigenvalue weighted by Gasteiger charge is -2.24. The van der Waals surface area contributed by atoms with Gasteiger partial charge in [-0.3, -0.25) is 4.79 Å². The van der Waals surface area contributed by atoms with Gasteiger partial charge >= 0.3 is 0 Å². The fraction of sp³-hybridized carbons (Fsp3) is 0.200. The molecular formula is C20H20N2O2S. The van der Waals surface area contributed by atoms with E-state index in [2.05, 4.69) is 4.98 Å². The number of thiazole rings is 1. The Hall–Kier alpha value is -2.66. The summed E-state index contributed by atoms with van der Waals surface area (Å²) in [5, 5.41) is 2.64. The van der Waals surface area contributed by atoms with Gasteiger partial charge in [0, 0.05) is 18.0 Å². The highest BCUT2D eigenvalue weighted by molar-refractivity contribution is 7.13. The van der Waals surface area contributed by atoms with Crippen molar-refractivity contribution in [1.29, 1.82) is 0 Å². The van der Waals surface area contributed by atoms with Crippen molar-refractivity contribution in [2.75, 3.05) is 14.2 Å². The summed E-state index contributed by atoms with van der Waals surface area (Å²) < 4.78 is 5.17. The standard InChI is InChI=1S/C20H20N2O2S/c1-14(15-7-5-4-6-8-15)22(2)20(23)18-13-25-19(21-18)16-9-11-17(24-3)12-10-16/h4-14H,1-3H3/t14-/m0/s1. The van der Waals surface area contributed by atoms with Crippen molar-refractivity contribution in [2.24, 2.45) is 0 Å². The van der Waals surface area contributed by atoms with Crippen LogP contribution in [0.1, 0.15) is 29.0 Å². The molecule has 0 saturated heterocycles. The van der Waals surface area contributed by atoms with Gasteiger partial charge in [0.2, 0.25) is 0 Å². The predicted octanol–water partition coefficient (Wildman–Crippen LogP) is 4.65. The van der Waals surface area contributed by atoms with E-state index >= 15 is 0 Å². The molecule has 0 saturated carbocycles. The second-order valence-corrected chi connectivity index (χ2v) is 6.63. The van der Waals surface area contributed by atoms with Crippen molar-refractivity contribution in [3.05, 3.63) is 71.2 Å². The van der Waals surface area contributed by atoms with Gasteiger partial charge in [-0.2, -0.15) is 0 Å². The van der Waals surface area contributed by atoms with E-state index in [0.29, 0.717) is 5.69 Å². The van der Waals surface area contributed by atoms with Gasteiger partial charge in [-0.1, -0.05) is 30.3 Å². The zero-order chi connectivity index (χ0) is 17.8. The number of amides is 1. The Labute approximate surface area is 151 Å². The van der Waals surface area contributed by atoms with Crippen molar-refractivity contribution >= 4 is 17.2 Å². The van der Waals surface area contributed by atoms with Gasteiger partial charge < -0.3 is 9.64 Å². The molecule has 0 aliphatic rings. The monoisotopic (exact) mass is 352 g/mol. The fourth-order valence-corrected chi connectivity index (χ4v) is 3.35. The first-order valence-corrected chi connectivity index (χ1v) is 8.90. The number of hydrogen-bond acceptors (Lipinski definition) is 4. The molecule has 0 aliphatic carbocycles. The maximum absolute atomic E-state index is 12.8. The third-order valence-corrected chi connectivity index (χ3v) is 5.13. The Morgan fingerprint density at radius 1 is 1.12 bits per heavy atom. The Morgan fingerprint density at radius 3 is 2.44 bits per heavy atom. The van der Waals surface area contributed by atoms with Gasteiger partial charge in [-0.05, 0) is 36.8 Å². The lowest BCUT2D eigenvalue weighted by atomic mass is 10.1. The van der Waals surface area contributed by atoms with Crippen LogP contribution < -0.4 is 4.74 Å². The van der Waals surface area contributed by atoms with Crippen LogP contribution in [0.4, 0.5) is 0 Å². The summed E-state index contributed by atoms with van der Waals surface area (Å²) in [6.45, 7) is 2.02. The average molecular weight is 352 g/mol. The third-order valence-electron chi connectivity index (χ3n) is 4.24. The van der Waals surface area contributed by atoms with E-state index in [1.165, 1.54) is 11.3 Å². The molecule has 128 valence electrons. The fourth-order valence-electron chi connectivity index (χ4n) is 2.55. The van der Waals surface area contributed by atoms with Crippen LogP contribution in [-0.2, 0) is 0 Å². The first-order valence-electron chi connectivity index (χ1n) is 8.02. The maximum Gasteiger partial charge on any atom is 0.273 e. The van der Waals surface area contributed by atoms with Crippen LogP contribution in [0.15, 0.2) is 60.0 Å². The molecule has 0 fully saturated rings. The van der Waals surface area contributed by atoms with Gasteiger partial charge in [-0.15, -0.1) is 11.3 Å². The summed E-state index contributed by atoms with van der Waals surface area (Å²) in [4.78, 5) is 19.0. The molecule has 0 aliphatic heterocycles. The van der Waals surface area contributed by atoms with Gasteiger partial charge in [0.1, 0.15) is 16.5 Å². The van der Waals surface area contributed by atoms with Crippen molar-refractivity contribution in [2.45, 2.75) is 13.0 Å². The number of carbonyl (C=O) groups is 1. The number of ether oxygens (including phenoxy) is 1. The SMILES string of the molecule is COc1ccc(-c2nc(C(=O)N(C)[C@@H](C)c3ccccc3)cs2)cc1. The van der Waals surface area contributed by atoms with Crippen LogP contribution in [0.2, 0.25) is 0 Å². The predicted molar refractivity (Wildman–Crippen MR) is 101 cm³/mol. The molecule has 0 N–H and O–H groups in total. The molecule has 1 heterocycles. The third kappa shape index (κ3) is 3.72. The first kappa shape index (κ1) is 17.2. The van der Waals surface area contributed by atoms with Gasteiger partial charge in [0.05, 0.1) is 13.2 Å². The highest BCUT2D eigenvalue weighted by atomic mass is 32.1. The van der Waals surface area contributed by atoms with E-state index < -0.39 is 0 Å². The summed E-state index contributed by atoms with van der Waals surface area (Å²) in [6.07, 6.45) is 0. The zero-order valence-electron chi connectivity index (χ0n) is 14.5. The summed E-state index contributed by atoms with van der Waals surface area (Å²) >= 11 is 1.47. The number of benzene rings is 2. The van der Waals surface area contributed by atoms with E-state index in [4.69, 9.17) is 4.74 Å².